The zero-order valence-corrected chi connectivity index (χ0v) is 11.8. The monoisotopic (exact) mass is 288 g/mol. The van der Waals surface area contributed by atoms with Gasteiger partial charge in [0, 0.05) is 21.9 Å². The van der Waals surface area contributed by atoms with Crippen molar-refractivity contribution >= 4 is 27.3 Å². The summed E-state index contributed by atoms with van der Waals surface area (Å²) in [6.45, 7) is 11.0. The zero-order valence-electron chi connectivity index (χ0n) is 9.43. The highest BCUT2D eigenvalue weighted by atomic mass is 79.9. The Morgan fingerprint density at radius 3 is 2.80 bits per heavy atom. The third-order valence-corrected chi connectivity index (χ3v) is 3.94. The Bertz CT molecular complexity index is 346. The normalized spacial score (nSPS) is 12.8. The summed E-state index contributed by atoms with van der Waals surface area (Å²) >= 11 is 5.14. The van der Waals surface area contributed by atoms with Crippen molar-refractivity contribution in [1.82, 2.24) is 10.3 Å². The van der Waals surface area contributed by atoms with Gasteiger partial charge in [-0.2, -0.15) is 0 Å². The molecule has 84 valence electrons. The molecule has 0 amide bonds. The first-order valence-corrected chi connectivity index (χ1v) is 6.68. The summed E-state index contributed by atoms with van der Waals surface area (Å²) in [5, 5.41) is 4.62. The van der Waals surface area contributed by atoms with Crippen LogP contribution >= 0.6 is 27.3 Å². The van der Waals surface area contributed by atoms with E-state index in [1.165, 1.54) is 9.88 Å². The minimum absolute atomic E-state index is 0.345. The van der Waals surface area contributed by atoms with Crippen LogP contribution in [0.25, 0.3) is 0 Å². The molecule has 0 saturated carbocycles. The molecule has 0 bridgehead atoms. The molecule has 4 heteroatoms. The lowest BCUT2D eigenvalue weighted by atomic mass is 10.2. The first-order chi connectivity index (χ1) is 7.04. The number of thiazole rings is 1. The highest BCUT2D eigenvalue weighted by Gasteiger charge is 2.12. The molecule has 0 fully saturated rings. The van der Waals surface area contributed by atoms with E-state index in [4.69, 9.17) is 0 Å². The SMILES string of the molecule is C=C(Br)CNC(C)c1sc(CC)nc1C. The van der Waals surface area contributed by atoms with Crippen LogP contribution in [0, 0.1) is 6.92 Å². The Hall–Kier alpha value is -0.190. The van der Waals surface area contributed by atoms with Crippen LogP contribution in [0.15, 0.2) is 11.1 Å². The quantitative estimate of drug-likeness (QED) is 0.896. The topological polar surface area (TPSA) is 24.9 Å². The molecule has 0 aromatic carbocycles. The molecule has 1 atom stereocenters. The summed E-state index contributed by atoms with van der Waals surface area (Å²) in [4.78, 5) is 5.86. The van der Waals surface area contributed by atoms with Gasteiger partial charge in [-0.05, 0) is 20.3 Å². The molecule has 0 radical (unpaired) electrons. The van der Waals surface area contributed by atoms with Crippen LogP contribution in [0.3, 0.4) is 0 Å². The van der Waals surface area contributed by atoms with Crippen molar-refractivity contribution in [3.63, 3.8) is 0 Å². The van der Waals surface area contributed by atoms with E-state index < -0.39 is 0 Å². The summed E-state index contributed by atoms with van der Waals surface area (Å²) in [7, 11) is 0. The van der Waals surface area contributed by atoms with Gasteiger partial charge in [0.2, 0.25) is 0 Å². The zero-order chi connectivity index (χ0) is 11.4. The van der Waals surface area contributed by atoms with E-state index in [2.05, 4.69) is 53.6 Å². The Morgan fingerprint density at radius 1 is 1.67 bits per heavy atom. The van der Waals surface area contributed by atoms with Gasteiger partial charge in [0.25, 0.3) is 0 Å². The van der Waals surface area contributed by atoms with Crippen LogP contribution in [0.5, 0.6) is 0 Å². The standard InChI is InChI=1S/C11H17BrN2S/c1-5-10-14-9(4)11(15-10)8(3)13-6-7(2)12/h8,13H,2,5-6H2,1,3-4H3. The van der Waals surface area contributed by atoms with Gasteiger partial charge in [-0.25, -0.2) is 4.98 Å². The fraction of sp³-hybridized carbons (Fsp3) is 0.545. The molecule has 2 nitrogen and oxygen atoms in total. The highest BCUT2D eigenvalue weighted by molar-refractivity contribution is 9.11. The van der Waals surface area contributed by atoms with Crippen molar-refractivity contribution in [3.8, 4) is 0 Å². The maximum Gasteiger partial charge on any atom is 0.0928 e. The lowest BCUT2D eigenvalue weighted by Gasteiger charge is -2.11. The summed E-state index contributed by atoms with van der Waals surface area (Å²) in [5.41, 5.74) is 1.15. The fourth-order valence-corrected chi connectivity index (χ4v) is 2.57. The van der Waals surface area contributed by atoms with E-state index in [0.29, 0.717) is 6.04 Å². The van der Waals surface area contributed by atoms with Gasteiger partial charge in [0.15, 0.2) is 0 Å². The molecule has 0 saturated heterocycles. The molecule has 0 aliphatic carbocycles. The maximum atomic E-state index is 4.52. The third kappa shape index (κ3) is 3.70. The number of aromatic nitrogens is 1. The third-order valence-electron chi connectivity index (χ3n) is 2.17. The van der Waals surface area contributed by atoms with Gasteiger partial charge in [-0.3, -0.25) is 0 Å². The minimum atomic E-state index is 0.345. The largest absolute Gasteiger partial charge is 0.305 e. The molecule has 1 unspecified atom stereocenters. The minimum Gasteiger partial charge on any atom is -0.305 e. The highest BCUT2D eigenvalue weighted by Crippen LogP contribution is 2.25. The fourth-order valence-electron chi connectivity index (χ4n) is 1.38. The van der Waals surface area contributed by atoms with Gasteiger partial charge in [-0.1, -0.05) is 29.4 Å². The van der Waals surface area contributed by atoms with Crippen molar-refractivity contribution in [2.45, 2.75) is 33.2 Å². The summed E-state index contributed by atoms with van der Waals surface area (Å²) in [6.07, 6.45) is 1.02. The smallest absolute Gasteiger partial charge is 0.0928 e. The van der Waals surface area contributed by atoms with Crippen molar-refractivity contribution in [2.24, 2.45) is 0 Å². The molecule has 0 spiro atoms. The second kappa shape index (κ2) is 5.77. The number of nitrogens with one attached hydrogen (secondary N) is 1. The first kappa shape index (κ1) is 12.9. The van der Waals surface area contributed by atoms with E-state index in [1.807, 2.05) is 0 Å². The van der Waals surface area contributed by atoms with Crippen LogP contribution in [-0.4, -0.2) is 11.5 Å². The van der Waals surface area contributed by atoms with E-state index in [9.17, 15) is 0 Å². The number of aryl methyl sites for hydroxylation is 2. The molecular weight excluding hydrogens is 272 g/mol. The lowest BCUT2D eigenvalue weighted by molar-refractivity contribution is 0.621. The predicted molar refractivity (Wildman–Crippen MR) is 70.7 cm³/mol. The number of rotatable bonds is 5. The number of hydrogen-bond donors (Lipinski definition) is 1. The van der Waals surface area contributed by atoms with Gasteiger partial charge in [0.05, 0.1) is 10.7 Å². The average Bonchev–Trinajstić information content (AvgIpc) is 2.56. The predicted octanol–water partition coefficient (Wildman–Crippen LogP) is 3.57. The van der Waals surface area contributed by atoms with E-state index in [0.717, 1.165) is 23.1 Å². The van der Waals surface area contributed by atoms with E-state index in [-0.39, 0.29) is 0 Å². The Kier molecular flexibility index (Phi) is 4.96. The Labute approximate surface area is 104 Å². The van der Waals surface area contributed by atoms with Crippen LogP contribution in [0.2, 0.25) is 0 Å². The second-order valence-corrected chi connectivity index (χ2v) is 5.77. The Morgan fingerprint density at radius 2 is 2.33 bits per heavy atom. The summed E-state index contributed by atoms with van der Waals surface area (Å²) in [5.74, 6) is 0. The summed E-state index contributed by atoms with van der Waals surface area (Å²) in [6, 6.07) is 0.345. The van der Waals surface area contributed by atoms with Crippen LogP contribution in [0.1, 0.15) is 35.5 Å². The lowest BCUT2D eigenvalue weighted by Crippen LogP contribution is -2.19. The molecule has 1 heterocycles. The van der Waals surface area contributed by atoms with E-state index >= 15 is 0 Å². The van der Waals surface area contributed by atoms with Crippen LogP contribution in [0.4, 0.5) is 0 Å². The number of hydrogen-bond acceptors (Lipinski definition) is 3. The average molecular weight is 289 g/mol. The van der Waals surface area contributed by atoms with Gasteiger partial charge >= 0.3 is 0 Å². The molecule has 1 aromatic rings. The molecular formula is C11H17BrN2S. The van der Waals surface area contributed by atoms with Gasteiger partial charge < -0.3 is 5.32 Å². The number of nitrogens with zero attached hydrogens (tertiary/aromatic N) is 1. The Balaban J connectivity index is 2.68. The first-order valence-electron chi connectivity index (χ1n) is 5.07. The van der Waals surface area contributed by atoms with Crippen LogP contribution in [-0.2, 0) is 6.42 Å². The molecule has 0 aliphatic heterocycles. The van der Waals surface area contributed by atoms with Crippen molar-refractivity contribution in [3.05, 3.63) is 26.6 Å². The van der Waals surface area contributed by atoms with E-state index in [1.54, 1.807) is 11.3 Å². The molecule has 0 aliphatic rings. The summed E-state index contributed by atoms with van der Waals surface area (Å²) < 4.78 is 0.979. The molecule has 1 N–H and O–H groups in total. The number of halogens is 1. The van der Waals surface area contributed by atoms with Crippen molar-refractivity contribution in [1.29, 1.82) is 0 Å². The maximum absolute atomic E-state index is 4.52. The van der Waals surface area contributed by atoms with Crippen molar-refractivity contribution < 1.29 is 0 Å². The molecule has 15 heavy (non-hydrogen) atoms. The molecule has 1 aromatic heterocycles. The molecule has 1 rings (SSSR count). The second-order valence-electron chi connectivity index (χ2n) is 3.53. The van der Waals surface area contributed by atoms with Crippen molar-refractivity contribution in [2.75, 3.05) is 6.54 Å². The van der Waals surface area contributed by atoms with Gasteiger partial charge in [-0.15, -0.1) is 11.3 Å². The van der Waals surface area contributed by atoms with Crippen LogP contribution < -0.4 is 5.32 Å². The van der Waals surface area contributed by atoms with Gasteiger partial charge in [0.1, 0.15) is 0 Å².